The molecule has 0 amide bonds. The van der Waals surface area contributed by atoms with Gasteiger partial charge in [-0.05, 0) is 30.2 Å². The first-order valence-corrected chi connectivity index (χ1v) is 8.40. The van der Waals surface area contributed by atoms with Gasteiger partial charge in [0, 0.05) is 19.3 Å². The van der Waals surface area contributed by atoms with Gasteiger partial charge in [0.1, 0.15) is 12.1 Å². The molecule has 0 aliphatic heterocycles. The Hall–Kier alpha value is -2.49. The Kier molecular flexibility index (Phi) is 8.18. The third-order valence-electron chi connectivity index (χ3n) is 3.93. The van der Waals surface area contributed by atoms with Gasteiger partial charge in [0.2, 0.25) is 0 Å². The Morgan fingerprint density at radius 1 is 1.07 bits per heavy atom. The predicted octanol–water partition coefficient (Wildman–Crippen LogP) is 2.93. The molecular weight excluding hydrogens is 458 g/mol. The van der Waals surface area contributed by atoms with Gasteiger partial charge < -0.3 is 10.6 Å². The number of hydrogen-bond acceptors (Lipinski definition) is 3. The zero-order valence-corrected chi connectivity index (χ0v) is 17.3. The topological polar surface area (TPSA) is 67.1 Å². The molecular formula is C19H22FIN6. The van der Waals surface area contributed by atoms with Gasteiger partial charge in [0.05, 0.1) is 6.54 Å². The minimum atomic E-state index is -0.187. The zero-order valence-electron chi connectivity index (χ0n) is 15.0. The van der Waals surface area contributed by atoms with E-state index in [4.69, 9.17) is 0 Å². The Morgan fingerprint density at radius 2 is 1.81 bits per heavy atom. The number of guanidine groups is 1. The highest BCUT2D eigenvalue weighted by Crippen LogP contribution is 2.08. The summed E-state index contributed by atoms with van der Waals surface area (Å²) in [4.78, 5) is 4.19. The van der Waals surface area contributed by atoms with E-state index in [0.29, 0.717) is 31.0 Å². The maximum Gasteiger partial charge on any atom is 0.191 e. The molecule has 6 nitrogen and oxygen atoms in total. The Bertz CT molecular complexity index is 865. The lowest BCUT2D eigenvalue weighted by Gasteiger charge is -2.12. The summed E-state index contributed by atoms with van der Waals surface area (Å²) in [5, 5.41) is 14.5. The molecule has 3 rings (SSSR count). The molecule has 2 aromatic carbocycles. The highest BCUT2D eigenvalue weighted by atomic mass is 127. The molecule has 0 aliphatic rings. The summed E-state index contributed by atoms with van der Waals surface area (Å²) in [5.41, 5.74) is 1.68. The van der Waals surface area contributed by atoms with Gasteiger partial charge in [-0.3, -0.25) is 9.56 Å². The minimum Gasteiger partial charge on any atom is -0.356 e. The van der Waals surface area contributed by atoms with Crippen LogP contribution in [0, 0.1) is 5.82 Å². The van der Waals surface area contributed by atoms with Gasteiger partial charge in [0.15, 0.2) is 11.8 Å². The molecule has 0 aliphatic carbocycles. The van der Waals surface area contributed by atoms with E-state index in [1.165, 1.54) is 6.07 Å². The molecule has 0 fully saturated rings. The number of nitrogens with one attached hydrogen (secondary N) is 2. The van der Waals surface area contributed by atoms with Crippen LogP contribution in [0.3, 0.4) is 0 Å². The average Bonchev–Trinajstić information content (AvgIpc) is 3.15. The first-order valence-electron chi connectivity index (χ1n) is 8.40. The van der Waals surface area contributed by atoms with Gasteiger partial charge in [-0.1, -0.05) is 36.4 Å². The fourth-order valence-electron chi connectivity index (χ4n) is 2.58. The summed E-state index contributed by atoms with van der Waals surface area (Å²) in [7, 11) is 1.69. The van der Waals surface area contributed by atoms with Crippen molar-refractivity contribution in [3.63, 3.8) is 0 Å². The molecule has 27 heavy (non-hydrogen) atoms. The van der Waals surface area contributed by atoms with E-state index in [1.54, 1.807) is 25.5 Å². The molecule has 0 atom stereocenters. The van der Waals surface area contributed by atoms with Crippen molar-refractivity contribution in [1.29, 1.82) is 0 Å². The van der Waals surface area contributed by atoms with Crippen molar-refractivity contribution in [1.82, 2.24) is 25.4 Å². The summed E-state index contributed by atoms with van der Waals surface area (Å²) in [6.07, 6.45) is 2.26. The van der Waals surface area contributed by atoms with Crippen LogP contribution >= 0.6 is 24.0 Å². The molecule has 0 radical (unpaired) electrons. The second kappa shape index (κ2) is 10.6. The summed E-state index contributed by atoms with van der Waals surface area (Å²) in [5.74, 6) is 1.21. The van der Waals surface area contributed by atoms with Crippen molar-refractivity contribution in [3.05, 3.63) is 78.1 Å². The fraction of sp³-hybridized carbons (Fsp3) is 0.211. The van der Waals surface area contributed by atoms with E-state index >= 15 is 0 Å². The predicted molar refractivity (Wildman–Crippen MR) is 115 cm³/mol. The molecule has 0 bridgehead atoms. The number of rotatable bonds is 6. The zero-order chi connectivity index (χ0) is 18.2. The second-order valence-corrected chi connectivity index (χ2v) is 5.65. The molecule has 3 aromatic rings. The van der Waals surface area contributed by atoms with Gasteiger partial charge in [-0.15, -0.1) is 34.2 Å². The maximum atomic E-state index is 13.6. The van der Waals surface area contributed by atoms with Crippen molar-refractivity contribution in [3.8, 4) is 5.69 Å². The van der Waals surface area contributed by atoms with Crippen molar-refractivity contribution in [2.24, 2.45) is 4.99 Å². The number of nitrogens with zero attached hydrogens (tertiary/aromatic N) is 4. The van der Waals surface area contributed by atoms with Crippen molar-refractivity contribution in [2.75, 3.05) is 13.6 Å². The van der Waals surface area contributed by atoms with Gasteiger partial charge in [0.25, 0.3) is 0 Å². The molecule has 0 saturated heterocycles. The molecule has 0 saturated carbocycles. The third-order valence-corrected chi connectivity index (χ3v) is 3.93. The lowest BCUT2D eigenvalue weighted by molar-refractivity contribution is 0.606. The van der Waals surface area contributed by atoms with Crippen molar-refractivity contribution < 1.29 is 4.39 Å². The van der Waals surface area contributed by atoms with E-state index in [2.05, 4.69) is 25.8 Å². The Balaban J connectivity index is 0.00000261. The summed E-state index contributed by atoms with van der Waals surface area (Å²) >= 11 is 0. The van der Waals surface area contributed by atoms with E-state index in [9.17, 15) is 4.39 Å². The smallest absolute Gasteiger partial charge is 0.191 e. The van der Waals surface area contributed by atoms with Crippen LogP contribution in [0.5, 0.6) is 0 Å². The number of aromatic nitrogens is 3. The van der Waals surface area contributed by atoms with Gasteiger partial charge in [-0.25, -0.2) is 4.39 Å². The highest BCUT2D eigenvalue weighted by molar-refractivity contribution is 14.0. The van der Waals surface area contributed by atoms with Crippen LogP contribution in [-0.4, -0.2) is 34.3 Å². The van der Waals surface area contributed by atoms with Crippen LogP contribution in [0.1, 0.15) is 11.4 Å². The average molecular weight is 480 g/mol. The number of halogens is 2. The highest BCUT2D eigenvalue weighted by Gasteiger charge is 2.07. The Labute approximate surface area is 175 Å². The normalized spacial score (nSPS) is 11.0. The van der Waals surface area contributed by atoms with Crippen LogP contribution in [-0.2, 0) is 13.0 Å². The van der Waals surface area contributed by atoms with Crippen molar-refractivity contribution in [2.45, 2.75) is 13.0 Å². The maximum absolute atomic E-state index is 13.6. The van der Waals surface area contributed by atoms with E-state index in [1.807, 2.05) is 41.0 Å². The SMILES string of the molecule is CN=C(NCCc1ccccc1F)NCc1nncn1-c1ccccc1.I. The van der Waals surface area contributed by atoms with Crippen molar-refractivity contribution >= 4 is 29.9 Å². The van der Waals surface area contributed by atoms with Gasteiger partial charge in [-0.2, -0.15) is 0 Å². The number of para-hydroxylation sites is 1. The van der Waals surface area contributed by atoms with E-state index < -0.39 is 0 Å². The lowest BCUT2D eigenvalue weighted by atomic mass is 10.1. The molecule has 1 heterocycles. The lowest BCUT2D eigenvalue weighted by Crippen LogP contribution is -2.38. The molecule has 0 spiro atoms. The fourth-order valence-corrected chi connectivity index (χ4v) is 2.58. The van der Waals surface area contributed by atoms with E-state index in [0.717, 1.165) is 11.5 Å². The molecule has 0 unspecified atom stereocenters. The van der Waals surface area contributed by atoms with Gasteiger partial charge >= 0.3 is 0 Å². The first kappa shape index (κ1) is 20.8. The monoisotopic (exact) mass is 480 g/mol. The summed E-state index contributed by atoms with van der Waals surface area (Å²) in [6, 6.07) is 16.7. The summed E-state index contributed by atoms with van der Waals surface area (Å²) < 4.78 is 15.6. The standard InChI is InChI=1S/C19H21FN6.HI/c1-21-19(22-12-11-15-7-5-6-10-17(15)20)23-13-18-25-24-14-26(18)16-8-3-2-4-9-16;/h2-10,14H,11-13H2,1H3,(H2,21,22,23);1H. The molecule has 1 aromatic heterocycles. The molecule has 2 N–H and O–H groups in total. The molecule has 142 valence electrons. The number of benzene rings is 2. The third kappa shape index (κ3) is 5.75. The second-order valence-electron chi connectivity index (χ2n) is 5.65. The summed E-state index contributed by atoms with van der Waals surface area (Å²) in [6.45, 7) is 1.04. The van der Waals surface area contributed by atoms with Crippen LogP contribution < -0.4 is 10.6 Å². The minimum absolute atomic E-state index is 0. The van der Waals surface area contributed by atoms with Crippen LogP contribution in [0.4, 0.5) is 4.39 Å². The van der Waals surface area contributed by atoms with E-state index in [-0.39, 0.29) is 29.8 Å². The molecule has 8 heteroatoms. The Morgan fingerprint density at radius 3 is 2.56 bits per heavy atom. The number of aliphatic imine (C=N–C) groups is 1. The largest absolute Gasteiger partial charge is 0.356 e. The number of hydrogen-bond donors (Lipinski definition) is 2. The van der Waals surface area contributed by atoms with Crippen LogP contribution in [0.15, 0.2) is 65.9 Å². The van der Waals surface area contributed by atoms with Crippen LogP contribution in [0.2, 0.25) is 0 Å². The van der Waals surface area contributed by atoms with Crippen LogP contribution in [0.25, 0.3) is 5.69 Å². The quantitative estimate of drug-likeness (QED) is 0.324. The first-order chi connectivity index (χ1) is 12.8.